The number of rotatable bonds is 12. The second-order valence-electron chi connectivity index (χ2n) is 12.1. The number of amides is 2. The maximum atomic E-state index is 14.0. The van der Waals surface area contributed by atoms with Crippen molar-refractivity contribution in [2.24, 2.45) is 23.2 Å². The average Bonchev–Trinajstić information content (AvgIpc) is 3.58. The molecule has 0 spiro atoms. The van der Waals surface area contributed by atoms with E-state index in [-0.39, 0.29) is 48.2 Å². The van der Waals surface area contributed by atoms with Crippen molar-refractivity contribution < 1.29 is 23.9 Å². The molecular weight excluding hydrogens is 468 g/mol. The predicted molar refractivity (Wildman–Crippen MR) is 142 cm³/mol. The van der Waals surface area contributed by atoms with Crippen molar-refractivity contribution in [1.29, 1.82) is 0 Å². The van der Waals surface area contributed by atoms with Crippen LogP contribution < -0.4 is 0 Å². The Labute approximate surface area is 223 Å². The maximum absolute atomic E-state index is 14.0. The maximum Gasteiger partial charge on any atom is 0.320 e. The molecule has 4 aliphatic rings. The first kappa shape index (κ1) is 28.1. The van der Waals surface area contributed by atoms with E-state index in [2.05, 4.69) is 20.8 Å². The van der Waals surface area contributed by atoms with Gasteiger partial charge in [-0.1, -0.05) is 52.9 Å². The minimum atomic E-state index is -1.03. The molecule has 37 heavy (non-hydrogen) atoms. The molecule has 0 unspecified atom stereocenters. The van der Waals surface area contributed by atoms with Crippen LogP contribution in [0.1, 0.15) is 97.8 Å². The van der Waals surface area contributed by atoms with Gasteiger partial charge in [0.2, 0.25) is 11.8 Å². The zero-order valence-electron chi connectivity index (χ0n) is 23.5. The molecule has 7 heteroatoms. The monoisotopic (exact) mass is 516 g/mol. The van der Waals surface area contributed by atoms with Gasteiger partial charge >= 0.3 is 5.97 Å². The summed E-state index contributed by atoms with van der Waals surface area (Å²) in [4.78, 5) is 44.7. The van der Waals surface area contributed by atoms with Crippen LogP contribution in [0.2, 0.25) is 0 Å². The van der Waals surface area contributed by atoms with E-state index in [9.17, 15) is 14.4 Å². The van der Waals surface area contributed by atoms with Crippen molar-refractivity contribution in [3.8, 4) is 0 Å². The number of likely N-dealkylation sites (tertiary alicyclic amines) is 2. The standard InChI is InChI=1S/C30H48N2O5/c1-5-6-7-8-9-10-17-32-25-19-24(21(2)3)37-27(22-13-14-22)30(25,29(35)36-4)20-23(28(32)34)18-26(33)31-15-11-12-16-31/h19,21-24,27H,5-18,20H2,1-4H3/t23-,24+,27+,30+/m0/s1. The van der Waals surface area contributed by atoms with E-state index in [0.29, 0.717) is 13.0 Å². The number of esters is 1. The van der Waals surface area contributed by atoms with E-state index in [1.165, 1.54) is 26.4 Å². The van der Waals surface area contributed by atoms with Crippen LogP contribution in [0.15, 0.2) is 11.8 Å². The molecular formula is C30H48N2O5. The molecule has 208 valence electrons. The number of fused-ring (bicyclic) bond motifs is 1. The van der Waals surface area contributed by atoms with Gasteiger partial charge in [-0.15, -0.1) is 0 Å². The van der Waals surface area contributed by atoms with Gasteiger partial charge in [0.15, 0.2) is 0 Å². The molecule has 3 fully saturated rings. The minimum Gasteiger partial charge on any atom is -0.468 e. The van der Waals surface area contributed by atoms with Crippen LogP contribution in [0.3, 0.4) is 0 Å². The van der Waals surface area contributed by atoms with Gasteiger partial charge < -0.3 is 19.3 Å². The number of carbonyl (C=O) groups excluding carboxylic acids is 3. The second kappa shape index (κ2) is 12.3. The Kier molecular flexibility index (Phi) is 9.36. The number of hydrogen-bond donors (Lipinski definition) is 0. The smallest absolute Gasteiger partial charge is 0.320 e. The second-order valence-corrected chi connectivity index (χ2v) is 12.1. The SMILES string of the molecule is CCCCCCCCN1C(=O)[C@@H](CC(=O)N2CCCC2)C[C@@]2(C(=O)OC)C1=C[C@H](C(C)C)O[C@@H]2C1CC1. The fourth-order valence-electron chi connectivity index (χ4n) is 6.64. The van der Waals surface area contributed by atoms with Gasteiger partial charge in [-0.2, -0.15) is 0 Å². The Hall–Kier alpha value is -1.89. The summed E-state index contributed by atoms with van der Waals surface area (Å²) in [5.74, 6) is -0.330. The lowest BCUT2D eigenvalue weighted by atomic mass is 9.64. The van der Waals surface area contributed by atoms with E-state index in [0.717, 1.165) is 63.7 Å². The number of hydrogen-bond acceptors (Lipinski definition) is 5. The van der Waals surface area contributed by atoms with Crippen molar-refractivity contribution in [3.63, 3.8) is 0 Å². The Bertz CT molecular complexity index is 860. The molecule has 1 aliphatic carbocycles. The summed E-state index contributed by atoms with van der Waals surface area (Å²) in [6, 6.07) is 0. The highest BCUT2D eigenvalue weighted by molar-refractivity contribution is 5.93. The number of piperidine rings is 1. The van der Waals surface area contributed by atoms with Gasteiger partial charge in [0.25, 0.3) is 0 Å². The van der Waals surface area contributed by atoms with Crippen LogP contribution in [0.4, 0.5) is 0 Å². The summed E-state index contributed by atoms with van der Waals surface area (Å²) >= 11 is 0. The summed E-state index contributed by atoms with van der Waals surface area (Å²) in [6.07, 6.45) is 12.8. The fraction of sp³-hybridized carbons (Fsp3) is 0.833. The summed E-state index contributed by atoms with van der Waals surface area (Å²) in [7, 11) is 1.44. The zero-order chi connectivity index (χ0) is 26.6. The largest absolute Gasteiger partial charge is 0.468 e. The minimum absolute atomic E-state index is 0.00848. The number of unbranched alkanes of at least 4 members (excludes halogenated alkanes) is 5. The Balaban J connectivity index is 1.67. The van der Waals surface area contributed by atoms with Gasteiger partial charge in [0, 0.05) is 37.7 Å². The van der Waals surface area contributed by atoms with Crippen LogP contribution in [-0.2, 0) is 23.9 Å². The number of ether oxygens (including phenoxy) is 2. The molecule has 2 amide bonds. The van der Waals surface area contributed by atoms with E-state index in [4.69, 9.17) is 9.47 Å². The molecule has 3 heterocycles. The highest BCUT2D eigenvalue weighted by atomic mass is 16.5. The van der Waals surface area contributed by atoms with E-state index < -0.39 is 11.3 Å². The third kappa shape index (κ3) is 5.91. The lowest BCUT2D eigenvalue weighted by molar-refractivity contribution is -0.182. The van der Waals surface area contributed by atoms with Crippen molar-refractivity contribution >= 4 is 17.8 Å². The van der Waals surface area contributed by atoms with Crippen LogP contribution in [0, 0.1) is 23.2 Å². The Morgan fingerprint density at radius 1 is 1.11 bits per heavy atom. The Morgan fingerprint density at radius 3 is 2.41 bits per heavy atom. The van der Waals surface area contributed by atoms with Crippen LogP contribution in [0.25, 0.3) is 0 Å². The first-order valence-electron chi connectivity index (χ1n) is 14.9. The molecule has 2 saturated heterocycles. The molecule has 0 radical (unpaired) electrons. The molecule has 7 nitrogen and oxygen atoms in total. The zero-order valence-corrected chi connectivity index (χ0v) is 23.5. The summed E-state index contributed by atoms with van der Waals surface area (Å²) in [5, 5.41) is 0. The van der Waals surface area contributed by atoms with Crippen LogP contribution in [0.5, 0.6) is 0 Å². The third-order valence-corrected chi connectivity index (χ3v) is 8.92. The van der Waals surface area contributed by atoms with Crippen molar-refractivity contribution in [3.05, 3.63) is 11.8 Å². The topological polar surface area (TPSA) is 76.2 Å². The predicted octanol–water partition coefficient (Wildman–Crippen LogP) is 5.08. The third-order valence-electron chi connectivity index (χ3n) is 8.92. The van der Waals surface area contributed by atoms with Gasteiger partial charge in [0.1, 0.15) is 5.41 Å². The van der Waals surface area contributed by atoms with Gasteiger partial charge in [-0.05, 0) is 56.4 Å². The molecule has 0 aromatic heterocycles. The van der Waals surface area contributed by atoms with Crippen molar-refractivity contribution in [2.75, 3.05) is 26.7 Å². The van der Waals surface area contributed by atoms with Crippen molar-refractivity contribution in [2.45, 2.75) is 110 Å². The molecule has 0 aromatic rings. The molecule has 0 N–H and O–H groups in total. The van der Waals surface area contributed by atoms with Gasteiger partial charge in [-0.25, -0.2) is 0 Å². The first-order valence-corrected chi connectivity index (χ1v) is 14.9. The number of nitrogens with zero attached hydrogens (tertiary/aromatic N) is 2. The van der Waals surface area contributed by atoms with Gasteiger partial charge in [-0.3, -0.25) is 14.4 Å². The highest BCUT2D eigenvalue weighted by Gasteiger charge is 2.63. The molecule has 3 aliphatic heterocycles. The normalized spacial score (nSPS) is 29.9. The van der Waals surface area contributed by atoms with E-state index in [1.807, 2.05) is 15.9 Å². The fourth-order valence-corrected chi connectivity index (χ4v) is 6.64. The quantitative estimate of drug-likeness (QED) is 0.267. The molecule has 1 saturated carbocycles. The Morgan fingerprint density at radius 2 is 1.78 bits per heavy atom. The number of methoxy groups -OCH3 is 1. The molecule has 4 rings (SSSR count). The lowest BCUT2D eigenvalue weighted by Crippen LogP contribution is -2.62. The van der Waals surface area contributed by atoms with Crippen LogP contribution >= 0.6 is 0 Å². The van der Waals surface area contributed by atoms with E-state index >= 15 is 0 Å². The van der Waals surface area contributed by atoms with Crippen molar-refractivity contribution in [1.82, 2.24) is 9.80 Å². The van der Waals surface area contributed by atoms with Crippen LogP contribution in [-0.4, -0.2) is 66.5 Å². The summed E-state index contributed by atoms with van der Waals surface area (Å²) in [5.41, 5.74) is -0.252. The van der Waals surface area contributed by atoms with E-state index in [1.54, 1.807) is 0 Å². The number of carbonyl (C=O) groups is 3. The molecule has 0 bridgehead atoms. The summed E-state index contributed by atoms with van der Waals surface area (Å²) in [6.45, 7) is 8.55. The highest BCUT2D eigenvalue weighted by Crippen LogP contribution is 2.56. The molecule has 4 atom stereocenters. The molecule has 0 aromatic carbocycles. The van der Waals surface area contributed by atoms with Gasteiger partial charge in [0.05, 0.1) is 19.3 Å². The average molecular weight is 517 g/mol. The first-order chi connectivity index (χ1) is 17.8. The summed E-state index contributed by atoms with van der Waals surface area (Å²) < 4.78 is 12.1. The lowest BCUT2D eigenvalue weighted by Gasteiger charge is -2.53.